The number of rotatable bonds is 5. The summed E-state index contributed by atoms with van der Waals surface area (Å²) in [4.78, 5) is 4.15. The molecule has 0 unspecified atom stereocenters. The minimum Gasteiger partial charge on any atom is -0.389 e. The number of nitrogens with zero attached hydrogens (tertiary/aromatic N) is 2. The van der Waals surface area contributed by atoms with Crippen LogP contribution in [0.4, 0.5) is 4.39 Å². The normalized spacial score (nSPS) is 14.1. The van der Waals surface area contributed by atoms with E-state index in [0.29, 0.717) is 6.54 Å². The van der Waals surface area contributed by atoms with Crippen LogP contribution < -0.4 is 5.32 Å². The molecule has 0 aliphatic rings. The van der Waals surface area contributed by atoms with E-state index in [9.17, 15) is 9.50 Å². The maximum absolute atomic E-state index is 13.6. The Morgan fingerprint density at radius 1 is 1.32 bits per heavy atom. The van der Waals surface area contributed by atoms with Crippen LogP contribution in [0.5, 0.6) is 0 Å². The van der Waals surface area contributed by atoms with Gasteiger partial charge in [0, 0.05) is 24.3 Å². The van der Waals surface area contributed by atoms with E-state index in [1.54, 1.807) is 25.5 Å². The highest BCUT2D eigenvalue weighted by molar-refractivity contribution is 5.79. The molecule has 2 heterocycles. The van der Waals surface area contributed by atoms with Gasteiger partial charge in [0.15, 0.2) is 0 Å². The number of likely N-dealkylation sites (N-methyl/N-ethyl adjacent to an activating group) is 1. The van der Waals surface area contributed by atoms with Crippen molar-refractivity contribution in [3.05, 3.63) is 66.4 Å². The molecule has 3 aromatic rings. The van der Waals surface area contributed by atoms with Crippen LogP contribution in [0, 0.1) is 5.82 Å². The first-order chi connectivity index (χ1) is 10.7. The predicted molar refractivity (Wildman–Crippen MR) is 84.2 cm³/mol. The fourth-order valence-corrected chi connectivity index (χ4v) is 2.82. The molecule has 1 aromatic carbocycles. The molecule has 114 valence electrons. The van der Waals surface area contributed by atoms with E-state index in [4.69, 9.17) is 0 Å². The Morgan fingerprint density at radius 2 is 2.18 bits per heavy atom. The van der Waals surface area contributed by atoms with Crippen LogP contribution in [0.3, 0.4) is 0 Å². The van der Waals surface area contributed by atoms with Crippen LogP contribution in [0.2, 0.25) is 0 Å². The van der Waals surface area contributed by atoms with Gasteiger partial charge in [-0.05, 0) is 36.9 Å². The van der Waals surface area contributed by atoms with Gasteiger partial charge in [0.1, 0.15) is 5.82 Å². The van der Waals surface area contributed by atoms with Gasteiger partial charge in [-0.25, -0.2) is 4.39 Å². The van der Waals surface area contributed by atoms with Crippen LogP contribution in [-0.4, -0.2) is 34.4 Å². The highest BCUT2D eigenvalue weighted by Crippen LogP contribution is 2.27. The fourth-order valence-electron chi connectivity index (χ4n) is 2.82. The number of pyridine rings is 1. The number of aliphatic hydroxyl groups excluding tert-OH is 1. The SMILES string of the molecule is CNC[C@@H](O)[C@H](c1cccc(F)c1)n1ccc2ccncc21. The van der Waals surface area contributed by atoms with Crippen molar-refractivity contribution >= 4 is 10.9 Å². The zero-order chi connectivity index (χ0) is 15.5. The number of halogens is 1. The van der Waals surface area contributed by atoms with Crippen molar-refractivity contribution in [1.29, 1.82) is 0 Å². The molecule has 0 radical (unpaired) electrons. The van der Waals surface area contributed by atoms with Crippen LogP contribution >= 0.6 is 0 Å². The summed E-state index contributed by atoms with van der Waals surface area (Å²) >= 11 is 0. The van der Waals surface area contributed by atoms with Crippen LogP contribution in [0.1, 0.15) is 11.6 Å². The zero-order valence-electron chi connectivity index (χ0n) is 12.3. The monoisotopic (exact) mass is 299 g/mol. The maximum atomic E-state index is 13.6. The van der Waals surface area contributed by atoms with Gasteiger partial charge in [0.25, 0.3) is 0 Å². The molecule has 0 aliphatic carbocycles. The molecule has 0 spiro atoms. The van der Waals surface area contributed by atoms with Gasteiger partial charge >= 0.3 is 0 Å². The van der Waals surface area contributed by atoms with Gasteiger partial charge < -0.3 is 15.0 Å². The number of aromatic nitrogens is 2. The second kappa shape index (κ2) is 6.25. The highest BCUT2D eigenvalue weighted by Gasteiger charge is 2.24. The highest BCUT2D eigenvalue weighted by atomic mass is 19.1. The summed E-state index contributed by atoms with van der Waals surface area (Å²) in [7, 11) is 1.78. The van der Waals surface area contributed by atoms with E-state index in [2.05, 4.69) is 10.3 Å². The van der Waals surface area contributed by atoms with Gasteiger partial charge in [0.2, 0.25) is 0 Å². The van der Waals surface area contributed by atoms with Crippen LogP contribution in [0.25, 0.3) is 10.9 Å². The summed E-state index contributed by atoms with van der Waals surface area (Å²) in [5.41, 5.74) is 1.64. The van der Waals surface area contributed by atoms with Gasteiger partial charge in [-0.2, -0.15) is 0 Å². The molecule has 2 atom stereocenters. The Kier molecular flexibility index (Phi) is 4.18. The maximum Gasteiger partial charge on any atom is 0.123 e. The molecule has 0 bridgehead atoms. The summed E-state index contributed by atoms with van der Waals surface area (Å²) in [5.74, 6) is -0.311. The van der Waals surface area contributed by atoms with Crippen molar-refractivity contribution in [2.24, 2.45) is 0 Å². The Morgan fingerprint density at radius 3 is 2.95 bits per heavy atom. The molecule has 0 fully saturated rings. The van der Waals surface area contributed by atoms with Crippen LogP contribution in [0.15, 0.2) is 55.0 Å². The average Bonchev–Trinajstić information content (AvgIpc) is 2.92. The number of hydrogen-bond donors (Lipinski definition) is 2. The molecular weight excluding hydrogens is 281 g/mol. The molecule has 4 nitrogen and oxygen atoms in total. The van der Waals surface area contributed by atoms with Crippen molar-refractivity contribution in [2.45, 2.75) is 12.1 Å². The lowest BCUT2D eigenvalue weighted by Crippen LogP contribution is -2.33. The molecular formula is C17H18FN3O. The number of hydrogen-bond acceptors (Lipinski definition) is 3. The Bertz CT molecular complexity index is 771. The van der Waals surface area contributed by atoms with Crippen molar-refractivity contribution < 1.29 is 9.50 Å². The van der Waals surface area contributed by atoms with E-state index in [1.807, 2.05) is 29.0 Å². The third kappa shape index (κ3) is 2.73. The van der Waals surface area contributed by atoms with Gasteiger partial charge in [-0.3, -0.25) is 4.98 Å². The molecule has 2 aromatic heterocycles. The van der Waals surface area contributed by atoms with E-state index in [-0.39, 0.29) is 11.9 Å². The molecule has 0 aliphatic heterocycles. The van der Waals surface area contributed by atoms with Crippen molar-refractivity contribution in [2.75, 3.05) is 13.6 Å². The van der Waals surface area contributed by atoms with Crippen LogP contribution in [-0.2, 0) is 0 Å². The van der Waals surface area contributed by atoms with E-state index in [0.717, 1.165) is 16.5 Å². The third-order valence-corrected chi connectivity index (χ3v) is 3.79. The van der Waals surface area contributed by atoms with E-state index < -0.39 is 6.10 Å². The zero-order valence-corrected chi connectivity index (χ0v) is 12.3. The average molecular weight is 299 g/mol. The minimum absolute atomic E-state index is 0.311. The second-order valence-electron chi connectivity index (χ2n) is 5.28. The summed E-state index contributed by atoms with van der Waals surface area (Å²) in [6, 6.07) is 9.85. The van der Waals surface area contributed by atoms with Crippen molar-refractivity contribution in [3.63, 3.8) is 0 Å². The Labute approximate surface area is 128 Å². The first-order valence-electron chi connectivity index (χ1n) is 7.19. The molecule has 0 saturated carbocycles. The lowest BCUT2D eigenvalue weighted by atomic mass is 10.0. The minimum atomic E-state index is -0.692. The first kappa shape index (κ1) is 14.7. The Balaban J connectivity index is 2.13. The smallest absolute Gasteiger partial charge is 0.123 e. The molecule has 3 rings (SSSR count). The lowest BCUT2D eigenvalue weighted by Gasteiger charge is -2.26. The third-order valence-electron chi connectivity index (χ3n) is 3.79. The van der Waals surface area contributed by atoms with E-state index in [1.165, 1.54) is 12.1 Å². The van der Waals surface area contributed by atoms with Gasteiger partial charge in [0.05, 0.1) is 23.9 Å². The molecule has 22 heavy (non-hydrogen) atoms. The standard InChI is InChI=1S/C17H18FN3O/c1-19-11-16(22)17(13-3-2-4-14(18)9-13)21-8-6-12-5-7-20-10-15(12)21/h2-10,16-17,19,22H,11H2,1H3/t16-,17+/m1/s1. The molecule has 5 heteroatoms. The Hall–Kier alpha value is -2.24. The summed E-state index contributed by atoms with van der Waals surface area (Å²) in [6.07, 6.45) is 4.70. The van der Waals surface area contributed by atoms with E-state index >= 15 is 0 Å². The van der Waals surface area contributed by atoms with Gasteiger partial charge in [-0.1, -0.05) is 12.1 Å². The molecule has 0 amide bonds. The summed E-state index contributed by atoms with van der Waals surface area (Å²) < 4.78 is 15.6. The number of aliphatic hydroxyl groups is 1. The number of benzene rings is 1. The van der Waals surface area contributed by atoms with Crippen molar-refractivity contribution in [1.82, 2.24) is 14.9 Å². The van der Waals surface area contributed by atoms with Crippen molar-refractivity contribution in [3.8, 4) is 0 Å². The molecule has 2 N–H and O–H groups in total. The topological polar surface area (TPSA) is 50.1 Å². The second-order valence-corrected chi connectivity index (χ2v) is 5.28. The lowest BCUT2D eigenvalue weighted by molar-refractivity contribution is 0.132. The summed E-state index contributed by atoms with van der Waals surface area (Å²) in [5, 5.41) is 14.6. The fraction of sp³-hybridized carbons (Fsp3) is 0.235. The number of fused-ring (bicyclic) bond motifs is 1. The van der Waals surface area contributed by atoms with Gasteiger partial charge in [-0.15, -0.1) is 0 Å². The largest absolute Gasteiger partial charge is 0.389 e. The quantitative estimate of drug-likeness (QED) is 0.760. The first-order valence-corrected chi connectivity index (χ1v) is 7.19. The summed E-state index contributed by atoms with van der Waals surface area (Å²) in [6.45, 7) is 0.404. The molecule has 0 saturated heterocycles. The predicted octanol–water partition coefficient (Wildman–Crippen LogP) is 2.35. The number of nitrogens with one attached hydrogen (secondary N) is 1.